The van der Waals surface area contributed by atoms with Gasteiger partial charge >= 0.3 is 5.97 Å². The van der Waals surface area contributed by atoms with Crippen LogP contribution < -0.4 is 15.8 Å². The van der Waals surface area contributed by atoms with Crippen molar-refractivity contribution in [1.29, 1.82) is 0 Å². The molecule has 1 aliphatic rings. The molecule has 0 saturated carbocycles. The number of hydrogen-bond acceptors (Lipinski definition) is 7. The maximum Gasteiger partial charge on any atom is 0.326 e. The Morgan fingerprint density at radius 3 is 2.59 bits per heavy atom. The first-order valence-corrected chi connectivity index (χ1v) is 13.2. The van der Waals surface area contributed by atoms with Crippen LogP contribution in [0, 0.1) is 19.7 Å². The second-order valence-electron chi connectivity index (χ2n) is 10.0. The van der Waals surface area contributed by atoms with Crippen LogP contribution in [0.25, 0.3) is 22.0 Å². The summed E-state index contributed by atoms with van der Waals surface area (Å²) in [6, 6.07) is 8.58. The minimum Gasteiger partial charge on any atom is -0.480 e. The smallest absolute Gasteiger partial charge is 0.326 e. The molecule has 2 aromatic carbocycles. The minimum absolute atomic E-state index is 0.0831. The van der Waals surface area contributed by atoms with Crippen molar-refractivity contribution in [3.05, 3.63) is 87.5 Å². The Balaban J connectivity index is 1.44. The summed E-state index contributed by atoms with van der Waals surface area (Å²) >= 11 is 0. The summed E-state index contributed by atoms with van der Waals surface area (Å²) in [7, 11) is 1.64. The van der Waals surface area contributed by atoms with Crippen LogP contribution >= 0.6 is 0 Å². The van der Waals surface area contributed by atoms with Crippen molar-refractivity contribution in [1.82, 2.24) is 19.9 Å². The Morgan fingerprint density at radius 1 is 1.12 bits per heavy atom. The standard InChI is InChI=1S/C30H30FN5O5/c1-17-13-20(36-9-11-41-12-10-36)15-24(31)26(17)28(37)34-25(30(39)40)14-19-6-7-22(27-21(19)5-4-8-32-27)23-16-33-18(2)35(3)29(23)38/h4-8,13,15-16,25H,9-12,14H2,1-3H3,(H,34,37)(H,39,40)/t25-/m0/s1. The van der Waals surface area contributed by atoms with Gasteiger partial charge in [-0.05, 0) is 43.2 Å². The molecule has 5 rings (SSSR count). The molecule has 1 atom stereocenters. The lowest BCUT2D eigenvalue weighted by Crippen LogP contribution is -2.43. The number of amides is 1. The number of nitrogens with zero attached hydrogens (tertiary/aromatic N) is 4. The van der Waals surface area contributed by atoms with Crippen molar-refractivity contribution >= 4 is 28.5 Å². The highest BCUT2D eigenvalue weighted by atomic mass is 19.1. The Bertz CT molecular complexity index is 1690. The topological polar surface area (TPSA) is 127 Å². The summed E-state index contributed by atoms with van der Waals surface area (Å²) in [4.78, 5) is 49.1. The third-order valence-electron chi connectivity index (χ3n) is 7.45. The SMILES string of the molecule is Cc1cc(N2CCOCC2)cc(F)c1C(=O)N[C@@H](Cc1ccc(-c2cnc(C)n(C)c2=O)c2ncccc12)C(=O)O. The summed E-state index contributed by atoms with van der Waals surface area (Å²) < 4.78 is 22.0. The fourth-order valence-corrected chi connectivity index (χ4v) is 5.11. The summed E-state index contributed by atoms with van der Waals surface area (Å²) in [6.07, 6.45) is 3.01. The predicted octanol–water partition coefficient (Wildman–Crippen LogP) is 3.01. The highest BCUT2D eigenvalue weighted by Crippen LogP contribution is 2.29. The zero-order valence-electron chi connectivity index (χ0n) is 23.0. The molecule has 1 fully saturated rings. The second-order valence-corrected chi connectivity index (χ2v) is 10.0. The Morgan fingerprint density at radius 2 is 1.88 bits per heavy atom. The number of carbonyl (C=O) groups is 2. The number of fused-ring (bicyclic) bond motifs is 1. The Kier molecular flexibility index (Phi) is 7.80. The molecule has 212 valence electrons. The number of benzene rings is 2. The number of hydrogen-bond donors (Lipinski definition) is 2. The van der Waals surface area contributed by atoms with E-state index in [0.717, 1.165) is 0 Å². The van der Waals surface area contributed by atoms with Gasteiger partial charge in [-0.1, -0.05) is 18.2 Å². The molecule has 0 spiro atoms. The lowest BCUT2D eigenvalue weighted by Gasteiger charge is -2.29. The Labute approximate surface area is 235 Å². The van der Waals surface area contributed by atoms with Gasteiger partial charge in [0.15, 0.2) is 0 Å². The molecule has 2 aromatic heterocycles. The number of rotatable bonds is 7. The molecule has 1 saturated heterocycles. The number of carbonyl (C=O) groups excluding carboxylic acids is 1. The van der Waals surface area contributed by atoms with Gasteiger partial charge in [0.2, 0.25) is 0 Å². The maximum atomic E-state index is 15.2. The normalized spacial score (nSPS) is 14.2. The molecule has 0 unspecified atom stereocenters. The van der Waals surface area contributed by atoms with Gasteiger partial charge in [-0.25, -0.2) is 14.2 Å². The van der Waals surface area contributed by atoms with E-state index in [4.69, 9.17) is 4.74 Å². The van der Waals surface area contributed by atoms with E-state index < -0.39 is 23.7 Å². The average Bonchev–Trinajstić information content (AvgIpc) is 2.96. The van der Waals surface area contributed by atoms with Gasteiger partial charge in [0.1, 0.15) is 17.7 Å². The molecule has 1 amide bonds. The van der Waals surface area contributed by atoms with Crippen LogP contribution in [-0.4, -0.2) is 63.9 Å². The summed E-state index contributed by atoms with van der Waals surface area (Å²) in [5.74, 6) is -2.23. The van der Waals surface area contributed by atoms with Crippen molar-refractivity contribution in [2.45, 2.75) is 26.3 Å². The van der Waals surface area contributed by atoms with Gasteiger partial charge in [0, 0.05) is 55.6 Å². The van der Waals surface area contributed by atoms with Crippen molar-refractivity contribution < 1.29 is 23.8 Å². The number of aromatic nitrogens is 3. The summed E-state index contributed by atoms with van der Waals surface area (Å²) in [5, 5.41) is 13.1. The third-order valence-corrected chi connectivity index (χ3v) is 7.45. The molecule has 1 aliphatic heterocycles. The molecule has 2 N–H and O–H groups in total. The van der Waals surface area contributed by atoms with E-state index in [2.05, 4.69) is 15.3 Å². The minimum atomic E-state index is -1.34. The van der Waals surface area contributed by atoms with Crippen molar-refractivity contribution in [3.63, 3.8) is 0 Å². The van der Waals surface area contributed by atoms with E-state index in [0.29, 0.717) is 71.0 Å². The highest BCUT2D eigenvalue weighted by Gasteiger charge is 2.26. The van der Waals surface area contributed by atoms with Gasteiger partial charge < -0.3 is 20.1 Å². The van der Waals surface area contributed by atoms with Gasteiger partial charge in [0.25, 0.3) is 11.5 Å². The van der Waals surface area contributed by atoms with Gasteiger partial charge in [-0.2, -0.15) is 0 Å². The van der Waals surface area contributed by atoms with E-state index in [1.807, 2.05) is 4.90 Å². The van der Waals surface area contributed by atoms with Crippen molar-refractivity contribution in [2.24, 2.45) is 7.05 Å². The number of aliphatic carboxylic acids is 1. The van der Waals surface area contributed by atoms with Crippen LogP contribution in [0.5, 0.6) is 0 Å². The van der Waals surface area contributed by atoms with E-state index in [1.54, 1.807) is 57.4 Å². The summed E-state index contributed by atoms with van der Waals surface area (Å²) in [6.45, 7) is 5.65. The van der Waals surface area contributed by atoms with Crippen LogP contribution in [-0.2, 0) is 23.0 Å². The molecule has 11 heteroatoms. The third kappa shape index (κ3) is 5.53. The number of halogens is 1. The first-order chi connectivity index (χ1) is 19.7. The van der Waals surface area contributed by atoms with Crippen LogP contribution in [0.1, 0.15) is 27.3 Å². The highest BCUT2D eigenvalue weighted by molar-refractivity contribution is 5.99. The van der Waals surface area contributed by atoms with Gasteiger partial charge in [-0.15, -0.1) is 0 Å². The predicted molar refractivity (Wildman–Crippen MR) is 152 cm³/mol. The van der Waals surface area contributed by atoms with Crippen LogP contribution in [0.3, 0.4) is 0 Å². The van der Waals surface area contributed by atoms with Crippen LogP contribution in [0.4, 0.5) is 10.1 Å². The summed E-state index contributed by atoms with van der Waals surface area (Å²) in [5.41, 5.74) is 2.65. The molecule has 10 nitrogen and oxygen atoms in total. The Hall–Kier alpha value is -4.64. The zero-order chi connectivity index (χ0) is 29.3. The number of aryl methyl sites for hydroxylation is 2. The van der Waals surface area contributed by atoms with Gasteiger partial charge in [0.05, 0.1) is 29.9 Å². The first-order valence-electron chi connectivity index (χ1n) is 13.2. The first kappa shape index (κ1) is 27.9. The number of carboxylic acids is 1. The van der Waals surface area contributed by atoms with E-state index in [-0.39, 0.29) is 17.5 Å². The molecule has 41 heavy (non-hydrogen) atoms. The fraction of sp³-hybridized carbons (Fsp3) is 0.300. The zero-order valence-corrected chi connectivity index (χ0v) is 23.0. The van der Waals surface area contributed by atoms with Crippen molar-refractivity contribution in [2.75, 3.05) is 31.2 Å². The lowest BCUT2D eigenvalue weighted by molar-refractivity contribution is -0.139. The van der Waals surface area contributed by atoms with Crippen LogP contribution in [0.15, 0.2) is 53.6 Å². The maximum absolute atomic E-state index is 15.2. The number of pyridine rings is 1. The lowest BCUT2D eigenvalue weighted by atomic mass is 9.95. The molecule has 0 radical (unpaired) electrons. The number of carboxylic acid groups (broad SMARTS) is 1. The molecular formula is C30H30FN5O5. The number of ether oxygens (including phenoxy) is 1. The molecule has 0 aliphatic carbocycles. The number of nitrogens with one attached hydrogen (secondary N) is 1. The van der Waals surface area contributed by atoms with E-state index >= 15 is 4.39 Å². The van der Waals surface area contributed by atoms with Crippen molar-refractivity contribution in [3.8, 4) is 11.1 Å². The second kappa shape index (κ2) is 11.5. The van der Waals surface area contributed by atoms with Gasteiger partial charge in [-0.3, -0.25) is 19.1 Å². The number of anilines is 1. The molecule has 3 heterocycles. The molecule has 4 aromatic rings. The largest absolute Gasteiger partial charge is 0.480 e. The quantitative estimate of drug-likeness (QED) is 0.354. The van der Waals surface area contributed by atoms with Crippen LogP contribution in [0.2, 0.25) is 0 Å². The molecular weight excluding hydrogens is 529 g/mol. The fourth-order valence-electron chi connectivity index (χ4n) is 5.11. The molecule has 0 bridgehead atoms. The van der Waals surface area contributed by atoms with E-state index in [9.17, 15) is 19.5 Å². The van der Waals surface area contributed by atoms with E-state index in [1.165, 1.54) is 16.8 Å². The average molecular weight is 560 g/mol. The number of morpholine rings is 1. The monoisotopic (exact) mass is 559 g/mol.